The number of fused-ring (bicyclic) bond motifs is 5. The van der Waals surface area contributed by atoms with E-state index in [1.807, 2.05) is 6.07 Å². The predicted molar refractivity (Wildman–Crippen MR) is 136 cm³/mol. The van der Waals surface area contributed by atoms with Crippen LogP contribution >= 0.6 is 11.6 Å². The van der Waals surface area contributed by atoms with Gasteiger partial charge < -0.3 is 4.40 Å². The van der Waals surface area contributed by atoms with E-state index >= 15 is 0 Å². The van der Waals surface area contributed by atoms with Gasteiger partial charge in [-0.2, -0.15) is 0 Å². The molecule has 0 N–H and O–H groups in total. The van der Waals surface area contributed by atoms with Crippen molar-refractivity contribution < 1.29 is 0 Å². The number of nitrogens with zero attached hydrogens (tertiary/aromatic N) is 2. The average molecular weight is 431 g/mol. The Hall–Kier alpha value is -3.62. The molecule has 32 heavy (non-hydrogen) atoms. The molecule has 3 heteroatoms. The maximum absolute atomic E-state index is 6.75. The van der Waals surface area contributed by atoms with Crippen LogP contribution in [-0.2, 0) is 0 Å². The molecule has 3 aromatic heterocycles. The van der Waals surface area contributed by atoms with Gasteiger partial charge >= 0.3 is 0 Å². The summed E-state index contributed by atoms with van der Waals surface area (Å²) in [5.41, 5.74) is 8.99. The highest BCUT2D eigenvalue weighted by molar-refractivity contribution is 6.38. The van der Waals surface area contributed by atoms with E-state index in [1.165, 1.54) is 43.7 Å². The van der Waals surface area contributed by atoms with E-state index in [4.69, 9.17) is 16.6 Å². The van der Waals surface area contributed by atoms with Crippen molar-refractivity contribution in [2.75, 3.05) is 0 Å². The Morgan fingerprint density at radius 3 is 2.22 bits per heavy atom. The Bertz CT molecular complexity index is 1840. The molecule has 4 aromatic carbocycles. The summed E-state index contributed by atoms with van der Waals surface area (Å²) < 4.78 is 2.40. The van der Waals surface area contributed by atoms with Gasteiger partial charge in [-0.25, -0.2) is 4.98 Å². The van der Waals surface area contributed by atoms with Crippen LogP contribution in [0.4, 0.5) is 0 Å². The molecule has 0 aliphatic carbocycles. The first-order valence-corrected chi connectivity index (χ1v) is 11.2. The number of para-hydroxylation sites is 2. The summed E-state index contributed by atoms with van der Waals surface area (Å²) in [7, 11) is 0. The SMILES string of the molecule is Cc1cc(C)cc(-c2cc3c4c(n2)c(Cl)ccc4c2cccc4c5ccccc5n3c24)c1. The summed E-state index contributed by atoms with van der Waals surface area (Å²) >= 11 is 6.75. The van der Waals surface area contributed by atoms with Gasteiger partial charge in [0.1, 0.15) is 0 Å². The van der Waals surface area contributed by atoms with Gasteiger partial charge in [0.2, 0.25) is 0 Å². The summed E-state index contributed by atoms with van der Waals surface area (Å²) in [5, 5.41) is 6.77. The normalized spacial score (nSPS) is 12.2. The fraction of sp³-hybridized carbons (Fsp3) is 0.0690. The fourth-order valence-corrected chi connectivity index (χ4v) is 5.65. The van der Waals surface area contributed by atoms with E-state index in [2.05, 4.69) is 91.0 Å². The van der Waals surface area contributed by atoms with Crippen molar-refractivity contribution in [3.05, 3.63) is 95.0 Å². The maximum Gasteiger partial charge on any atom is 0.0923 e. The molecule has 0 unspecified atom stereocenters. The third-order valence-electron chi connectivity index (χ3n) is 6.63. The van der Waals surface area contributed by atoms with E-state index in [1.54, 1.807) is 0 Å². The molecule has 2 nitrogen and oxygen atoms in total. The molecule has 0 spiro atoms. The first-order valence-electron chi connectivity index (χ1n) is 10.8. The van der Waals surface area contributed by atoms with E-state index in [-0.39, 0.29) is 0 Å². The van der Waals surface area contributed by atoms with E-state index < -0.39 is 0 Å². The quantitative estimate of drug-likeness (QED) is 0.189. The number of hydrogen-bond donors (Lipinski definition) is 0. The lowest BCUT2D eigenvalue weighted by Gasteiger charge is -2.15. The predicted octanol–water partition coefficient (Wildman–Crippen LogP) is 8.32. The summed E-state index contributed by atoms with van der Waals surface area (Å²) in [4.78, 5) is 5.09. The van der Waals surface area contributed by atoms with Gasteiger partial charge in [0.25, 0.3) is 0 Å². The third-order valence-corrected chi connectivity index (χ3v) is 6.94. The minimum atomic E-state index is 0.684. The molecule has 0 atom stereocenters. The molecule has 7 rings (SSSR count). The molecule has 7 aromatic rings. The molecule has 0 aliphatic rings. The van der Waals surface area contributed by atoms with Crippen molar-refractivity contribution in [3.8, 4) is 11.3 Å². The van der Waals surface area contributed by atoms with Crippen LogP contribution in [0.5, 0.6) is 0 Å². The molecule has 0 saturated heterocycles. The minimum Gasteiger partial charge on any atom is -0.308 e. The van der Waals surface area contributed by atoms with Gasteiger partial charge in [-0.1, -0.05) is 71.3 Å². The van der Waals surface area contributed by atoms with Crippen LogP contribution in [-0.4, -0.2) is 9.38 Å². The van der Waals surface area contributed by atoms with Gasteiger partial charge in [-0.3, -0.25) is 0 Å². The van der Waals surface area contributed by atoms with Crippen LogP contribution in [0.1, 0.15) is 11.1 Å². The first-order chi connectivity index (χ1) is 15.6. The number of benzene rings is 4. The lowest BCUT2D eigenvalue weighted by molar-refractivity contribution is 1.31. The summed E-state index contributed by atoms with van der Waals surface area (Å²) in [5.74, 6) is 0. The van der Waals surface area contributed by atoms with Crippen LogP contribution in [0.25, 0.3) is 60.3 Å². The Morgan fingerprint density at radius 1 is 0.688 bits per heavy atom. The molecule has 0 saturated carbocycles. The highest BCUT2D eigenvalue weighted by Gasteiger charge is 2.20. The smallest absolute Gasteiger partial charge is 0.0923 e. The second-order valence-electron chi connectivity index (χ2n) is 8.78. The van der Waals surface area contributed by atoms with Crippen molar-refractivity contribution in [3.63, 3.8) is 0 Å². The molecule has 0 amide bonds. The number of aryl methyl sites for hydroxylation is 2. The Labute approximate surface area is 190 Å². The Kier molecular flexibility index (Phi) is 3.49. The van der Waals surface area contributed by atoms with Crippen LogP contribution in [0.3, 0.4) is 0 Å². The molecule has 0 radical (unpaired) electrons. The zero-order chi connectivity index (χ0) is 21.6. The van der Waals surface area contributed by atoms with Gasteiger partial charge in [-0.05, 0) is 49.6 Å². The van der Waals surface area contributed by atoms with Gasteiger partial charge in [0.05, 0.1) is 32.8 Å². The average Bonchev–Trinajstić information content (AvgIpc) is 3.13. The maximum atomic E-state index is 6.75. The van der Waals surface area contributed by atoms with Crippen molar-refractivity contribution >= 4 is 60.6 Å². The lowest BCUT2D eigenvalue weighted by atomic mass is 9.99. The molecule has 0 bridgehead atoms. The topological polar surface area (TPSA) is 17.3 Å². The zero-order valence-electron chi connectivity index (χ0n) is 17.8. The largest absolute Gasteiger partial charge is 0.308 e. The van der Waals surface area contributed by atoms with Crippen molar-refractivity contribution in [2.45, 2.75) is 13.8 Å². The summed E-state index contributed by atoms with van der Waals surface area (Å²) in [6.07, 6.45) is 0. The number of rotatable bonds is 1. The van der Waals surface area contributed by atoms with E-state index in [9.17, 15) is 0 Å². The Morgan fingerprint density at radius 2 is 1.41 bits per heavy atom. The highest BCUT2D eigenvalue weighted by Crippen LogP contribution is 2.42. The zero-order valence-corrected chi connectivity index (χ0v) is 18.5. The summed E-state index contributed by atoms with van der Waals surface area (Å²) in [6.45, 7) is 4.26. The second-order valence-corrected chi connectivity index (χ2v) is 9.18. The number of hydrogen-bond acceptors (Lipinski definition) is 1. The second kappa shape index (κ2) is 6.21. The van der Waals surface area contributed by atoms with Crippen LogP contribution in [0, 0.1) is 13.8 Å². The van der Waals surface area contributed by atoms with Crippen LogP contribution in [0.2, 0.25) is 5.02 Å². The molecular weight excluding hydrogens is 412 g/mol. The molecule has 152 valence electrons. The number of pyridine rings is 2. The van der Waals surface area contributed by atoms with Crippen LogP contribution < -0.4 is 0 Å². The van der Waals surface area contributed by atoms with Crippen molar-refractivity contribution in [2.24, 2.45) is 0 Å². The monoisotopic (exact) mass is 430 g/mol. The van der Waals surface area contributed by atoms with E-state index in [0.29, 0.717) is 5.02 Å². The third kappa shape index (κ3) is 2.28. The Balaban J connectivity index is 1.79. The highest BCUT2D eigenvalue weighted by atomic mass is 35.5. The molecular formula is C29H19ClN2. The molecule has 3 heterocycles. The summed E-state index contributed by atoms with van der Waals surface area (Å²) in [6, 6.07) is 28.2. The van der Waals surface area contributed by atoms with Gasteiger partial charge in [0, 0.05) is 27.1 Å². The number of aromatic nitrogens is 2. The first kappa shape index (κ1) is 18.0. The van der Waals surface area contributed by atoms with Crippen molar-refractivity contribution in [1.82, 2.24) is 9.38 Å². The molecule has 0 aliphatic heterocycles. The van der Waals surface area contributed by atoms with Crippen molar-refractivity contribution in [1.29, 1.82) is 0 Å². The van der Waals surface area contributed by atoms with Crippen LogP contribution in [0.15, 0.2) is 78.9 Å². The fourth-order valence-electron chi connectivity index (χ4n) is 5.45. The standard InChI is InChI=1S/C29H19ClN2/c1-16-12-17(2)14-18(13-16)24-15-26-27-20(10-11-23(30)28(27)31-24)22-8-5-7-21-19-6-3-4-9-25(19)32(26)29(21)22/h3-15H,1-2H3. The number of halogens is 1. The van der Waals surface area contributed by atoms with Gasteiger partial charge in [0.15, 0.2) is 0 Å². The molecule has 0 fully saturated rings. The minimum absolute atomic E-state index is 0.684. The lowest BCUT2D eigenvalue weighted by Crippen LogP contribution is -1.96. The van der Waals surface area contributed by atoms with Gasteiger partial charge in [-0.15, -0.1) is 0 Å². The van der Waals surface area contributed by atoms with E-state index in [0.717, 1.165) is 27.7 Å².